The minimum absolute atomic E-state index is 0.983. The van der Waals surface area contributed by atoms with Gasteiger partial charge < -0.3 is 5.32 Å². The van der Waals surface area contributed by atoms with Gasteiger partial charge in [0.2, 0.25) is 0 Å². The highest BCUT2D eigenvalue weighted by Gasteiger charge is 2.13. The zero-order chi connectivity index (χ0) is 14.1. The van der Waals surface area contributed by atoms with Crippen LogP contribution in [0.4, 0.5) is 0 Å². The largest absolute Gasteiger partial charge is 0.314 e. The van der Waals surface area contributed by atoms with Gasteiger partial charge in [0, 0.05) is 36.3 Å². The number of nitrogens with one attached hydrogen (secondary N) is 1. The molecule has 3 heterocycles. The minimum atomic E-state index is 0.983. The lowest BCUT2D eigenvalue weighted by Crippen LogP contribution is -2.42. The summed E-state index contributed by atoms with van der Waals surface area (Å²) in [5.41, 5.74) is 1.13. The number of rotatable bonds is 3. The molecular weight excluding hydrogens is 298 g/mol. The van der Waals surface area contributed by atoms with Gasteiger partial charge in [0.1, 0.15) is 5.01 Å². The number of hydrogen-bond donors (Lipinski definition) is 1. The quantitative estimate of drug-likeness (QED) is 0.802. The van der Waals surface area contributed by atoms with E-state index in [9.17, 15) is 0 Å². The highest BCUT2D eigenvalue weighted by Crippen LogP contribution is 2.33. The van der Waals surface area contributed by atoms with Crippen LogP contribution in [-0.4, -0.2) is 36.1 Å². The third-order valence-electron chi connectivity index (χ3n) is 3.80. The van der Waals surface area contributed by atoms with E-state index >= 15 is 0 Å². The molecule has 21 heavy (non-hydrogen) atoms. The maximum absolute atomic E-state index is 4.84. The first-order valence-corrected chi connectivity index (χ1v) is 8.94. The van der Waals surface area contributed by atoms with Gasteiger partial charge in [-0.25, -0.2) is 4.98 Å². The first-order valence-electron chi connectivity index (χ1n) is 7.25. The Morgan fingerprint density at radius 3 is 2.90 bits per heavy atom. The predicted molar refractivity (Wildman–Crippen MR) is 91.1 cm³/mol. The second-order valence-corrected chi connectivity index (χ2v) is 7.33. The average Bonchev–Trinajstić information content (AvgIpc) is 3.14. The summed E-state index contributed by atoms with van der Waals surface area (Å²) in [5, 5.41) is 8.13. The van der Waals surface area contributed by atoms with E-state index in [0.717, 1.165) is 38.4 Å². The van der Waals surface area contributed by atoms with Crippen LogP contribution in [0, 0.1) is 0 Å². The van der Waals surface area contributed by atoms with Crippen LogP contribution in [0.5, 0.6) is 0 Å². The van der Waals surface area contributed by atoms with Gasteiger partial charge in [-0.2, -0.15) is 0 Å². The van der Waals surface area contributed by atoms with E-state index in [2.05, 4.69) is 45.9 Å². The van der Waals surface area contributed by atoms with Crippen molar-refractivity contribution in [3.63, 3.8) is 0 Å². The molecule has 0 aliphatic carbocycles. The minimum Gasteiger partial charge on any atom is -0.314 e. The summed E-state index contributed by atoms with van der Waals surface area (Å²) in [6.07, 6.45) is 0. The van der Waals surface area contributed by atoms with Gasteiger partial charge in [-0.05, 0) is 17.5 Å². The Kier molecular flexibility index (Phi) is 3.73. The van der Waals surface area contributed by atoms with Gasteiger partial charge in [-0.1, -0.05) is 18.2 Å². The van der Waals surface area contributed by atoms with Crippen LogP contribution >= 0.6 is 22.7 Å². The molecule has 0 amide bonds. The zero-order valence-corrected chi connectivity index (χ0v) is 13.3. The van der Waals surface area contributed by atoms with Gasteiger partial charge in [0.25, 0.3) is 0 Å². The van der Waals surface area contributed by atoms with Crippen molar-refractivity contribution in [1.82, 2.24) is 15.2 Å². The van der Waals surface area contributed by atoms with Gasteiger partial charge in [-0.15, -0.1) is 22.7 Å². The number of thiazole rings is 1. The van der Waals surface area contributed by atoms with E-state index in [4.69, 9.17) is 4.98 Å². The molecule has 0 unspecified atom stereocenters. The standard InChI is InChI=1S/C16H17N3S2/c1-2-4-14-12(3-1)9-15(21-14)13-11-20-16(18-13)10-19-7-5-17-6-8-19/h1-4,9,11,17H,5-8,10H2. The number of thiophene rings is 1. The Morgan fingerprint density at radius 1 is 1.19 bits per heavy atom. The molecule has 1 N–H and O–H groups in total. The highest BCUT2D eigenvalue weighted by molar-refractivity contribution is 7.22. The number of benzene rings is 1. The highest BCUT2D eigenvalue weighted by atomic mass is 32.1. The lowest BCUT2D eigenvalue weighted by atomic mass is 10.2. The SMILES string of the molecule is c1ccc2sc(-c3csc(CN4CCNCC4)n3)cc2c1. The number of fused-ring (bicyclic) bond motifs is 1. The molecule has 0 spiro atoms. The third-order valence-corrected chi connectivity index (χ3v) is 5.77. The molecule has 2 aromatic heterocycles. The molecule has 1 fully saturated rings. The van der Waals surface area contributed by atoms with E-state index in [1.54, 1.807) is 11.3 Å². The van der Waals surface area contributed by atoms with Crippen molar-refractivity contribution in [2.75, 3.05) is 26.2 Å². The van der Waals surface area contributed by atoms with E-state index < -0.39 is 0 Å². The van der Waals surface area contributed by atoms with Crippen molar-refractivity contribution in [3.8, 4) is 10.6 Å². The van der Waals surface area contributed by atoms with E-state index in [-0.39, 0.29) is 0 Å². The lowest BCUT2D eigenvalue weighted by molar-refractivity contribution is 0.233. The number of piperazine rings is 1. The van der Waals surface area contributed by atoms with Crippen LogP contribution in [0.25, 0.3) is 20.7 Å². The second-order valence-electron chi connectivity index (χ2n) is 5.30. The molecule has 1 saturated heterocycles. The fraction of sp³-hybridized carbons (Fsp3) is 0.312. The van der Waals surface area contributed by atoms with E-state index in [1.807, 2.05) is 11.3 Å². The average molecular weight is 315 g/mol. The number of nitrogens with zero attached hydrogens (tertiary/aromatic N) is 2. The Bertz CT molecular complexity index is 708. The maximum Gasteiger partial charge on any atom is 0.107 e. The number of aromatic nitrogens is 1. The Hall–Kier alpha value is -1.27. The number of hydrogen-bond acceptors (Lipinski definition) is 5. The molecule has 3 aromatic rings. The topological polar surface area (TPSA) is 28.2 Å². The molecule has 5 heteroatoms. The van der Waals surface area contributed by atoms with Crippen LogP contribution in [0.3, 0.4) is 0 Å². The van der Waals surface area contributed by atoms with E-state index in [1.165, 1.54) is 20.0 Å². The molecule has 0 saturated carbocycles. The molecule has 0 bridgehead atoms. The zero-order valence-electron chi connectivity index (χ0n) is 11.7. The van der Waals surface area contributed by atoms with Crippen LogP contribution < -0.4 is 5.32 Å². The van der Waals surface area contributed by atoms with Gasteiger partial charge in [-0.3, -0.25) is 4.90 Å². The van der Waals surface area contributed by atoms with Crippen LogP contribution in [0.15, 0.2) is 35.7 Å². The first-order chi connectivity index (χ1) is 10.4. The third kappa shape index (κ3) is 2.87. The van der Waals surface area contributed by atoms with Crippen molar-refractivity contribution >= 4 is 32.8 Å². The Labute approximate surface area is 132 Å². The summed E-state index contributed by atoms with van der Waals surface area (Å²) < 4.78 is 1.34. The fourth-order valence-corrected chi connectivity index (χ4v) is 4.60. The summed E-state index contributed by atoms with van der Waals surface area (Å²) in [6, 6.07) is 10.8. The molecular formula is C16H17N3S2. The monoisotopic (exact) mass is 315 g/mol. The second kappa shape index (κ2) is 5.85. The van der Waals surface area contributed by atoms with Crippen molar-refractivity contribution in [3.05, 3.63) is 40.7 Å². The summed E-state index contributed by atoms with van der Waals surface area (Å²) in [5.74, 6) is 0. The van der Waals surface area contributed by atoms with Crippen LogP contribution in [-0.2, 0) is 6.54 Å². The molecule has 1 aromatic carbocycles. The summed E-state index contributed by atoms with van der Waals surface area (Å²) in [6.45, 7) is 5.41. The molecule has 1 aliphatic rings. The summed E-state index contributed by atoms with van der Waals surface area (Å²) in [7, 11) is 0. The van der Waals surface area contributed by atoms with Crippen molar-refractivity contribution in [2.24, 2.45) is 0 Å². The summed E-state index contributed by atoms with van der Waals surface area (Å²) in [4.78, 5) is 8.59. The molecule has 108 valence electrons. The van der Waals surface area contributed by atoms with Crippen LogP contribution in [0.2, 0.25) is 0 Å². The Morgan fingerprint density at radius 2 is 2.05 bits per heavy atom. The van der Waals surface area contributed by atoms with Crippen molar-refractivity contribution in [1.29, 1.82) is 0 Å². The van der Waals surface area contributed by atoms with E-state index in [0.29, 0.717) is 0 Å². The smallest absolute Gasteiger partial charge is 0.107 e. The van der Waals surface area contributed by atoms with Crippen molar-refractivity contribution < 1.29 is 0 Å². The predicted octanol–water partition coefficient (Wildman–Crippen LogP) is 3.43. The molecule has 0 atom stereocenters. The van der Waals surface area contributed by atoms with Gasteiger partial charge in [0.15, 0.2) is 0 Å². The maximum atomic E-state index is 4.84. The molecule has 1 aliphatic heterocycles. The summed E-state index contributed by atoms with van der Waals surface area (Å²) >= 11 is 3.61. The normalized spacial score (nSPS) is 16.6. The van der Waals surface area contributed by atoms with Gasteiger partial charge in [0.05, 0.1) is 17.1 Å². The molecule has 0 radical (unpaired) electrons. The molecule has 3 nitrogen and oxygen atoms in total. The Balaban J connectivity index is 1.55. The van der Waals surface area contributed by atoms with Crippen LogP contribution in [0.1, 0.15) is 5.01 Å². The first kappa shape index (κ1) is 13.4. The van der Waals surface area contributed by atoms with Crippen molar-refractivity contribution in [2.45, 2.75) is 6.54 Å². The van der Waals surface area contributed by atoms with Gasteiger partial charge >= 0.3 is 0 Å². The molecule has 4 rings (SSSR count). The fourth-order valence-electron chi connectivity index (χ4n) is 2.67. The lowest BCUT2D eigenvalue weighted by Gasteiger charge is -2.26.